The van der Waals surface area contributed by atoms with Crippen LogP contribution in [-0.4, -0.2) is 24.5 Å². The van der Waals surface area contributed by atoms with Gasteiger partial charge in [0.1, 0.15) is 6.73 Å². The van der Waals surface area contributed by atoms with Crippen LogP contribution in [0.4, 0.5) is 0 Å². The van der Waals surface area contributed by atoms with Gasteiger partial charge in [-0.3, -0.25) is 0 Å². The molecule has 0 radical (unpaired) electrons. The van der Waals surface area contributed by atoms with Crippen molar-refractivity contribution >= 4 is 43.3 Å². The van der Waals surface area contributed by atoms with Crippen LogP contribution in [0, 0.1) is 0 Å². The van der Waals surface area contributed by atoms with Gasteiger partial charge in [0, 0.05) is 20.1 Å². The third-order valence-electron chi connectivity index (χ3n) is 5.51. The van der Waals surface area contributed by atoms with E-state index >= 15 is 0 Å². The Morgan fingerprint density at radius 2 is 1.36 bits per heavy atom. The largest absolute Gasteiger partial charge is 0.360 e. The van der Waals surface area contributed by atoms with E-state index in [1.165, 1.54) is 5.56 Å². The summed E-state index contributed by atoms with van der Waals surface area (Å²) < 4.78 is 7.99. The predicted octanol–water partition coefficient (Wildman–Crippen LogP) is 7.69. The molecule has 168 valence electrons. The van der Waals surface area contributed by atoms with E-state index in [0.717, 1.165) is 40.4 Å². The molecule has 0 aliphatic carbocycles. The van der Waals surface area contributed by atoms with Gasteiger partial charge in [0.15, 0.2) is 0 Å². The van der Waals surface area contributed by atoms with Crippen LogP contribution < -0.4 is 0 Å². The Labute approximate surface area is 198 Å². The summed E-state index contributed by atoms with van der Waals surface area (Å²) in [5.74, 6) is 0. The van der Waals surface area contributed by atoms with Crippen molar-refractivity contribution in [3.63, 3.8) is 0 Å². The quantitative estimate of drug-likeness (QED) is 0.148. The molecule has 0 N–H and O–H groups in total. The standard InChI is InChI=1S/C29H32N2OSi/c1-33(2,3)21-20-32-23-31-29-19-17-26(15-14-24-10-6-4-7-11-24)22-27(29)28(30-31)18-16-25-12-8-5-9-13-25/h4-19,22H,20-21,23H2,1-3H3/b15-14+,18-16+. The zero-order valence-corrected chi connectivity index (χ0v) is 20.7. The minimum atomic E-state index is -1.11. The van der Waals surface area contributed by atoms with E-state index in [-0.39, 0.29) is 0 Å². The molecule has 0 aliphatic heterocycles. The Balaban J connectivity index is 1.62. The molecule has 1 aromatic heterocycles. The first-order valence-corrected chi connectivity index (χ1v) is 15.2. The van der Waals surface area contributed by atoms with Crippen molar-refractivity contribution in [3.8, 4) is 0 Å². The van der Waals surface area contributed by atoms with Crippen LogP contribution in [0.15, 0.2) is 78.9 Å². The molecule has 4 heteroatoms. The molecule has 0 bridgehead atoms. The molecule has 0 fully saturated rings. The maximum absolute atomic E-state index is 6.01. The number of hydrogen-bond donors (Lipinski definition) is 0. The predicted molar refractivity (Wildman–Crippen MR) is 145 cm³/mol. The number of ether oxygens (including phenoxy) is 1. The number of hydrogen-bond acceptors (Lipinski definition) is 2. The number of nitrogens with zero attached hydrogens (tertiary/aromatic N) is 2. The zero-order valence-electron chi connectivity index (χ0n) is 19.7. The molecule has 3 nitrogen and oxygen atoms in total. The summed E-state index contributed by atoms with van der Waals surface area (Å²) in [4.78, 5) is 0. The number of benzene rings is 3. The fourth-order valence-electron chi connectivity index (χ4n) is 3.57. The van der Waals surface area contributed by atoms with Crippen LogP contribution in [0.1, 0.15) is 22.4 Å². The van der Waals surface area contributed by atoms with Gasteiger partial charge in [-0.2, -0.15) is 5.10 Å². The van der Waals surface area contributed by atoms with Gasteiger partial charge in [-0.25, -0.2) is 4.68 Å². The third-order valence-corrected chi connectivity index (χ3v) is 7.22. The van der Waals surface area contributed by atoms with Crippen molar-refractivity contribution in [2.75, 3.05) is 6.61 Å². The highest BCUT2D eigenvalue weighted by Crippen LogP contribution is 2.24. The highest BCUT2D eigenvalue weighted by molar-refractivity contribution is 6.76. The lowest BCUT2D eigenvalue weighted by Crippen LogP contribution is -2.22. The first kappa shape index (κ1) is 23.0. The van der Waals surface area contributed by atoms with Gasteiger partial charge in [-0.1, -0.05) is 105 Å². The third kappa shape index (κ3) is 6.64. The van der Waals surface area contributed by atoms with Gasteiger partial charge in [0.25, 0.3) is 0 Å². The second-order valence-corrected chi connectivity index (χ2v) is 15.1. The molecule has 4 aromatic rings. The average Bonchev–Trinajstić information content (AvgIpc) is 3.17. The van der Waals surface area contributed by atoms with Crippen molar-refractivity contribution in [3.05, 3.63) is 101 Å². The first-order chi connectivity index (χ1) is 16.0. The molecule has 1 heterocycles. The van der Waals surface area contributed by atoms with E-state index in [1.54, 1.807) is 0 Å². The highest BCUT2D eigenvalue weighted by Gasteiger charge is 2.13. The molecule has 3 aromatic carbocycles. The van der Waals surface area contributed by atoms with E-state index in [2.05, 4.69) is 111 Å². The average molecular weight is 453 g/mol. The minimum absolute atomic E-state index is 0.472. The van der Waals surface area contributed by atoms with E-state index in [9.17, 15) is 0 Å². The summed E-state index contributed by atoms with van der Waals surface area (Å²) in [5, 5.41) is 6.02. The number of fused-ring (bicyclic) bond motifs is 1. The van der Waals surface area contributed by atoms with Crippen LogP contribution in [0.5, 0.6) is 0 Å². The summed E-state index contributed by atoms with van der Waals surface area (Å²) >= 11 is 0. The maximum atomic E-state index is 6.01. The van der Waals surface area contributed by atoms with E-state index in [4.69, 9.17) is 9.84 Å². The van der Waals surface area contributed by atoms with Crippen LogP contribution in [0.2, 0.25) is 25.7 Å². The molecule has 0 spiro atoms. The Hall–Kier alpha value is -3.21. The zero-order chi connectivity index (χ0) is 23.1. The molecule has 0 aliphatic rings. The van der Waals surface area contributed by atoms with Gasteiger partial charge in [-0.05, 0) is 40.9 Å². The monoisotopic (exact) mass is 452 g/mol. The number of aromatic nitrogens is 2. The lowest BCUT2D eigenvalue weighted by atomic mass is 10.1. The van der Waals surface area contributed by atoms with Crippen LogP contribution >= 0.6 is 0 Å². The summed E-state index contributed by atoms with van der Waals surface area (Å²) in [6.07, 6.45) is 8.51. The maximum Gasteiger partial charge on any atom is 0.140 e. The molecule has 0 amide bonds. The van der Waals surface area contributed by atoms with Crippen molar-refractivity contribution in [2.24, 2.45) is 0 Å². The Kier molecular flexibility index (Phi) is 7.38. The van der Waals surface area contributed by atoms with E-state index < -0.39 is 8.07 Å². The van der Waals surface area contributed by atoms with Gasteiger partial charge < -0.3 is 4.74 Å². The first-order valence-electron chi connectivity index (χ1n) is 11.5. The minimum Gasteiger partial charge on any atom is -0.360 e. The number of rotatable bonds is 9. The molecular formula is C29H32N2OSi. The Bertz CT molecular complexity index is 1240. The topological polar surface area (TPSA) is 27.1 Å². The van der Waals surface area contributed by atoms with Crippen LogP contribution in [-0.2, 0) is 11.5 Å². The van der Waals surface area contributed by atoms with Gasteiger partial charge in [-0.15, -0.1) is 0 Å². The second-order valence-electron chi connectivity index (χ2n) is 9.50. The summed E-state index contributed by atoms with van der Waals surface area (Å²) in [6, 6.07) is 28.4. The van der Waals surface area contributed by atoms with Gasteiger partial charge in [0.2, 0.25) is 0 Å². The molecule has 4 rings (SSSR count). The Morgan fingerprint density at radius 1 is 0.758 bits per heavy atom. The highest BCUT2D eigenvalue weighted by atomic mass is 28.3. The van der Waals surface area contributed by atoms with Crippen molar-refractivity contribution in [2.45, 2.75) is 32.4 Å². The van der Waals surface area contributed by atoms with Crippen LogP contribution in [0.25, 0.3) is 35.2 Å². The van der Waals surface area contributed by atoms with Crippen molar-refractivity contribution in [1.82, 2.24) is 9.78 Å². The molecular weight excluding hydrogens is 420 g/mol. The molecule has 0 saturated heterocycles. The second kappa shape index (κ2) is 10.6. The molecule has 0 saturated carbocycles. The normalized spacial score (nSPS) is 12.3. The van der Waals surface area contributed by atoms with Crippen molar-refractivity contribution in [1.29, 1.82) is 0 Å². The smallest absolute Gasteiger partial charge is 0.140 e. The lowest BCUT2D eigenvalue weighted by Gasteiger charge is -2.15. The SMILES string of the molecule is C[Si](C)(C)CCOCn1nc(/C=C/c2ccccc2)c2cc(/C=C/c3ccccc3)ccc21. The summed E-state index contributed by atoms with van der Waals surface area (Å²) in [6.45, 7) is 8.37. The molecule has 0 unspecified atom stereocenters. The summed E-state index contributed by atoms with van der Waals surface area (Å²) in [5.41, 5.74) is 5.55. The van der Waals surface area contributed by atoms with Crippen LogP contribution in [0.3, 0.4) is 0 Å². The molecule has 0 atom stereocenters. The summed E-state index contributed by atoms with van der Waals surface area (Å²) in [7, 11) is -1.11. The fourth-order valence-corrected chi connectivity index (χ4v) is 4.33. The lowest BCUT2D eigenvalue weighted by molar-refractivity contribution is 0.0816. The Morgan fingerprint density at radius 3 is 2.00 bits per heavy atom. The van der Waals surface area contributed by atoms with Gasteiger partial charge >= 0.3 is 0 Å². The van der Waals surface area contributed by atoms with E-state index in [1.807, 2.05) is 16.8 Å². The van der Waals surface area contributed by atoms with Crippen molar-refractivity contribution < 1.29 is 4.74 Å². The fraction of sp³-hybridized carbons (Fsp3) is 0.207. The van der Waals surface area contributed by atoms with E-state index in [0.29, 0.717) is 6.73 Å². The molecule has 33 heavy (non-hydrogen) atoms. The van der Waals surface area contributed by atoms with Gasteiger partial charge in [0.05, 0.1) is 11.2 Å².